The zero-order valence-electron chi connectivity index (χ0n) is 12.0. The molecule has 116 valence electrons. The van der Waals surface area contributed by atoms with Crippen LogP contribution in [0.25, 0.3) is 0 Å². The topological polar surface area (TPSA) is 81.7 Å². The van der Waals surface area contributed by atoms with E-state index in [9.17, 15) is 13.2 Å². The minimum absolute atomic E-state index is 0.0857. The summed E-state index contributed by atoms with van der Waals surface area (Å²) in [6, 6.07) is 5.64. The van der Waals surface area contributed by atoms with Gasteiger partial charge in [0.1, 0.15) is 12.1 Å². The Balaban J connectivity index is 2.12. The van der Waals surface area contributed by atoms with Crippen LogP contribution in [-0.4, -0.2) is 39.7 Å². The van der Waals surface area contributed by atoms with Crippen LogP contribution < -0.4 is 5.32 Å². The molecule has 1 fully saturated rings. The molecule has 2 atom stereocenters. The Bertz CT molecular complexity index is 596. The van der Waals surface area contributed by atoms with Gasteiger partial charge in [0.25, 0.3) is 10.1 Å². The van der Waals surface area contributed by atoms with Crippen molar-refractivity contribution in [2.24, 2.45) is 0 Å². The minimum Gasteiger partial charge on any atom is -0.465 e. The minimum atomic E-state index is -3.89. The molecule has 7 heteroatoms. The summed E-state index contributed by atoms with van der Waals surface area (Å²) in [5.41, 5.74) is 0.959. The lowest BCUT2D eigenvalue weighted by atomic mass is 10.2. The summed E-state index contributed by atoms with van der Waals surface area (Å²) in [4.78, 5) is 11.8. The Morgan fingerprint density at radius 3 is 2.62 bits per heavy atom. The van der Waals surface area contributed by atoms with Crippen molar-refractivity contribution in [3.8, 4) is 0 Å². The molecule has 1 saturated heterocycles. The molecular formula is C14H19NO5S. The largest absolute Gasteiger partial charge is 0.465 e. The van der Waals surface area contributed by atoms with Crippen molar-refractivity contribution in [2.75, 3.05) is 13.2 Å². The maximum Gasteiger partial charge on any atom is 0.325 e. The van der Waals surface area contributed by atoms with Crippen LogP contribution in [0.5, 0.6) is 0 Å². The lowest BCUT2D eigenvalue weighted by molar-refractivity contribution is -0.147. The Hall–Kier alpha value is -1.44. The van der Waals surface area contributed by atoms with Crippen LogP contribution in [0.15, 0.2) is 29.2 Å². The highest BCUT2D eigenvalue weighted by molar-refractivity contribution is 7.86. The average molecular weight is 313 g/mol. The number of rotatable bonds is 5. The standard InChI is InChI=1S/C14H19NO5S/c1-3-19-14(16)13-12(8-9-15-13)20-21(17,18)11-6-4-10(2)5-7-11/h4-7,12-13,15H,3,8-9H2,1-2H3/t12-,13-/m0/s1. The Kier molecular flexibility index (Phi) is 4.97. The van der Waals surface area contributed by atoms with Crippen molar-refractivity contribution in [1.82, 2.24) is 5.32 Å². The highest BCUT2D eigenvalue weighted by Gasteiger charge is 2.38. The van der Waals surface area contributed by atoms with Gasteiger partial charge in [0.15, 0.2) is 0 Å². The molecule has 0 bridgehead atoms. The highest BCUT2D eigenvalue weighted by atomic mass is 32.2. The molecule has 0 saturated carbocycles. The summed E-state index contributed by atoms with van der Waals surface area (Å²) in [5.74, 6) is -0.487. The third kappa shape index (κ3) is 3.81. The van der Waals surface area contributed by atoms with Gasteiger partial charge in [0.2, 0.25) is 0 Å². The van der Waals surface area contributed by atoms with Gasteiger partial charge in [0, 0.05) is 0 Å². The Morgan fingerprint density at radius 2 is 2.00 bits per heavy atom. The maximum absolute atomic E-state index is 12.2. The van der Waals surface area contributed by atoms with Gasteiger partial charge in [-0.3, -0.25) is 8.98 Å². The van der Waals surface area contributed by atoms with Crippen LogP contribution in [0, 0.1) is 6.92 Å². The van der Waals surface area contributed by atoms with Gasteiger partial charge in [-0.25, -0.2) is 0 Å². The quantitative estimate of drug-likeness (QED) is 0.645. The number of nitrogens with one attached hydrogen (secondary N) is 1. The Morgan fingerprint density at radius 1 is 1.33 bits per heavy atom. The molecule has 1 aliphatic rings. The van der Waals surface area contributed by atoms with E-state index in [-0.39, 0.29) is 11.5 Å². The molecule has 0 aromatic heterocycles. The fourth-order valence-corrected chi connectivity index (χ4v) is 3.29. The molecule has 6 nitrogen and oxygen atoms in total. The van der Waals surface area contributed by atoms with E-state index in [1.807, 2.05) is 6.92 Å². The fourth-order valence-electron chi connectivity index (χ4n) is 2.17. The zero-order valence-corrected chi connectivity index (χ0v) is 12.9. The first kappa shape index (κ1) is 15.9. The third-order valence-corrected chi connectivity index (χ3v) is 4.62. The van der Waals surface area contributed by atoms with Crippen LogP contribution in [0.3, 0.4) is 0 Å². The smallest absolute Gasteiger partial charge is 0.325 e. The van der Waals surface area contributed by atoms with Crippen molar-refractivity contribution in [1.29, 1.82) is 0 Å². The lowest BCUT2D eigenvalue weighted by Gasteiger charge is -2.18. The molecule has 2 rings (SSSR count). The van der Waals surface area contributed by atoms with E-state index >= 15 is 0 Å². The molecule has 0 unspecified atom stereocenters. The number of aryl methyl sites for hydroxylation is 1. The molecule has 0 radical (unpaired) electrons. The zero-order chi connectivity index (χ0) is 15.5. The van der Waals surface area contributed by atoms with E-state index in [1.54, 1.807) is 19.1 Å². The van der Waals surface area contributed by atoms with Crippen molar-refractivity contribution in [3.05, 3.63) is 29.8 Å². The first-order chi connectivity index (χ1) is 9.94. The van der Waals surface area contributed by atoms with Crippen LogP contribution in [0.2, 0.25) is 0 Å². The second-order valence-corrected chi connectivity index (χ2v) is 6.45. The summed E-state index contributed by atoms with van der Waals surface area (Å²) < 4.78 is 34.6. The van der Waals surface area contributed by atoms with E-state index in [0.717, 1.165) is 5.56 Å². The van der Waals surface area contributed by atoms with Crippen LogP contribution in [0.1, 0.15) is 18.9 Å². The van der Waals surface area contributed by atoms with E-state index in [2.05, 4.69) is 5.32 Å². The van der Waals surface area contributed by atoms with Crippen molar-refractivity contribution >= 4 is 16.1 Å². The molecule has 1 heterocycles. The molecule has 1 aromatic carbocycles. The van der Waals surface area contributed by atoms with Crippen LogP contribution in [0.4, 0.5) is 0 Å². The summed E-state index contributed by atoms with van der Waals surface area (Å²) in [6.45, 7) is 4.33. The molecule has 0 amide bonds. The van der Waals surface area contributed by atoms with Gasteiger partial charge in [-0.2, -0.15) is 8.42 Å². The number of hydrogen-bond acceptors (Lipinski definition) is 6. The van der Waals surface area contributed by atoms with Crippen LogP contribution in [-0.2, 0) is 23.8 Å². The average Bonchev–Trinajstić information content (AvgIpc) is 2.87. The van der Waals surface area contributed by atoms with E-state index in [0.29, 0.717) is 13.0 Å². The monoisotopic (exact) mass is 313 g/mol. The number of ether oxygens (including phenoxy) is 1. The molecule has 1 aliphatic heterocycles. The molecule has 0 spiro atoms. The predicted octanol–water partition coefficient (Wildman–Crippen LogP) is 0.994. The van der Waals surface area contributed by atoms with Gasteiger partial charge in [0.05, 0.1) is 11.5 Å². The van der Waals surface area contributed by atoms with Crippen molar-refractivity contribution < 1.29 is 22.1 Å². The van der Waals surface area contributed by atoms with Gasteiger partial charge < -0.3 is 10.1 Å². The predicted molar refractivity (Wildman–Crippen MR) is 76.3 cm³/mol. The summed E-state index contributed by atoms with van der Waals surface area (Å²) in [6.07, 6.45) is -0.301. The molecule has 0 aliphatic carbocycles. The lowest BCUT2D eigenvalue weighted by Crippen LogP contribution is -2.41. The summed E-state index contributed by atoms with van der Waals surface area (Å²) in [5, 5.41) is 2.91. The third-order valence-electron chi connectivity index (χ3n) is 3.27. The SMILES string of the molecule is CCOC(=O)[C@H]1NCC[C@@H]1OS(=O)(=O)c1ccc(C)cc1. The van der Waals surface area contributed by atoms with Crippen molar-refractivity contribution in [2.45, 2.75) is 37.3 Å². The first-order valence-electron chi connectivity index (χ1n) is 6.84. The number of hydrogen-bond donors (Lipinski definition) is 1. The first-order valence-corrected chi connectivity index (χ1v) is 8.25. The summed E-state index contributed by atoms with van der Waals surface area (Å²) in [7, 11) is -3.89. The van der Waals surface area contributed by atoms with E-state index in [4.69, 9.17) is 8.92 Å². The summed E-state index contributed by atoms with van der Waals surface area (Å²) >= 11 is 0. The fraction of sp³-hybridized carbons (Fsp3) is 0.500. The molecular weight excluding hydrogens is 294 g/mol. The second kappa shape index (κ2) is 6.55. The van der Waals surface area contributed by atoms with Gasteiger partial charge in [-0.05, 0) is 38.9 Å². The normalized spacial score (nSPS) is 22.2. The molecule has 21 heavy (non-hydrogen) atoms. The van der Waals surface area contributed by atoms with Gasteiger partial charge in [-0.1, -0.05) is 17.7 Å². The maximum atomic E-state index is 12.2. The number of benzene rings is 1. The number of carbonyl (C=O) groups is 1. The van der Waals surface area contributed by atoms with E-state index < -0.39 is 28.2 Å². The highest BCUT2D eigenvalue weighted by Crippen LogP contribution is 2.21. The molecule has 1 aromatic rings. The number of carbonyl (C=O) groups excluding carboxylic acids is 1. The number of esters is 1. The van der Waals surface area contributed by atoms with E-state index in [1.165, 1.54) is 12.1 Å². The Labute approximate surface area is 124 Å². The van der Waals surface area contributed by atoms with Crippen LogP contribution >= 0.6 is 0 Å². The van der Waals surface area contributed by atoms with Gasteiger partial charge in [-0.15, -0.1) is 0 Å². The second-order valence-electron chi connectivity index (χ2n) is 4.87. The molecule has 1 N–H and O–H groups in total. The van der Waals surface area contributed by atoms with Gasteiger partial charge >= 0.3 is 5.97 Å². The van der Waals surface area contributed by atoms with Crippen molar-refractivity contribution in [3.63, 3.8) is 0 Å².